The van der Waals surface area contributed by atoms with Gasteiger partial charge in [-0.15, -0.1) is 0 Å². The molecule has 6 atom stereocenters. The number of aliphatic hydroxyl groups is 2. The zero-order valence-corrected chi connectivity index (χ0v) is 30.1. The summed E-state index contributed by atoms with van der Waals surface area (Å²) in [6, 6.07) is 12.7. The summed E-state index contributed by atoms with van der Waals surface area (Å²) in [6.45, 7) is 6.09. The lowest BCUT2D eigenvalue weighted by Crippen LogP contribution is -2.55. The molecule has 1 heterocycles. The van der Waals surface area contributed by atoms with Crippen molar-refractivity contribution in [1.82, 2.24) is 10.6 Å². The predicted octanol–water partition coefficient (Wildman–Crippen LogP) is 2.89. The van der Waals surface area contributed by atoms with Crippen LogP contribution < -0.4 is 10.6 Å². The van der Waals surface area contributed by atoms with Gasteiger partial charge < -0.3 is 39.8 Å². The van der Waals surface area contributed by atoms with E-state index in [1.54, 1.807) is 45.0 Å². The Hall–Kier alpha value is -3.37. The van der Waals surface area contributed by atoms with Crippen molar-refractivity contribution in [3.63, 3.8) is 0 Å². The van der Waals surface area contributed by atoms with Crippen LogP contribution in [0, 0.1) is 3.57 Å². The summed E-state index contributed by atoms with van der Waals surface area (Å²) >= 11 is 2.06. The summed E-state index contributed by atoms with van der Waals surface area (Å²) in [5.41, 5.74) is 2.07. The molecule has 0 saturated carbocycles. The van der Waals surface area contributed by atoms with E-state index >= 15 is 0 Å². The van der Waals surface area contributed by atoms with Gasteiger partial charge >= 0.3 is 11.9 Å². The summed E-state index contributed by atoms with van der Waals surface area (Å²) < 4.78 is 25.1. The minimum atomic E-state index is -1.40. The number of rotatable bonds is 11. The predicted molar refractivity (Wildman–Crippen MR) is 185 cm³/mol. The number of halogens is 1. The van der Waals surface area contributed by atoms with Crippen LogP contribution in [0.15, 0.2) is 60.2 Å². The molecule has 0 bridgehead atoms. The molecule has 264 valence electrons. The van der Waals surface area contributed by atoms with Gasteiger partial charge in [-0.1, -0.05) is 36.4 Å². The first-order valence-corrected chi connectivity index (χ1v) is 17.5. The van der Waals surface area contributed by atoms with Gasteiger partial charge in [-0.3, -0.25) is 14.4 Å². The van der Waals surface area contributed by atoms with Gasteiger partial charge in [0, 0.05) is 34.8 Å². The number of carbonyl (C=O) groups is 4. The van der Waals surface area contributed by atoms with Crippen LogP contribution in [-0.4, -0.2) is 88.5 Å². The molecule has 2 aliphatic carbocycles. The van der Waals surface area contributed by atoms with Crippen LogP contribution in [0.1, 0.15) is 68.4 Å². The summed E-state index contributed by atoms with van der Waals surface area (Å²) in [5, 5.41) is 25.6. The lowest BCUT2D eigenvalue weighted by molar-refractivity contribution is -0.172. The normalized spacial score (nSPS) is 22.6. The standard InChI is InChI=1S/C36H43IN2O10/c1-20(41)30(33(44)38-24(19-40)13-14-29(42)48-35(2,3)4)39-32(43)23-15-27(46-34(45)25-11-7-8-12-26(25)37)31-28(16-23)47-36(49-31)17-21-9-5-6-10-22(21)18-36/h5-12,16,20,24,27-28,30-31,40-41H,13-15,17-19H2,1-4H3,(H,38,44)(H,39,43)/t20-,24-,27+,28+,30+,31-/m0/s1. The monoisotopic (exact) mass is 790 g/mol. The molecule has 12 nitrogen and oxygen atoms in total. The van der Waals surface area contributed by atoms with Gasteiger partial charge in [0.25, 0.3) is 0 Å². The summed E-state index contributed by atoms with van der Waals surface area (Å²) in [7, 11) is 0. The maximum atomic E-state index is 13.7. The first-order valence-electron chi connectivity index (χ1n) is 16.4. The van der Waals surface area contributed by atoms with Gasteiger partial charge in [0.05, 0.1) is 24.3 Å². The topological polar surface area (TPSA) is 170 Å². The molecular weight excluding hydrogens is 747 g/mol. The van der Waals surface area contributed by atoms with Gasteiger partial charge in [0.2, 0.25) is 11.8 Å². The Bertz CT molecular complexity index is 1580. The van der Waals surface area contributed by atoms with Crippen LogP contribution >= 0.6 is 22.6 Å². The van der Waals surface area contributed by atoms with Gasteiger partial charge in [-0.25, -0.2) is 4.79 Å². The van der Waals surface area contributed by atoms with E-state index in [4.69, 9.17) is 18.9 Å². The van der Waals surface area contributed by atoms with E-state index in [1.165, 1.54) is 6.92 Å². The average Bonchev–Trinajstić information content (AvgIpc) is 3.58. The molecule has 1 aliphatic heterocycles. The van der Waals surface area contributed by atoms with Gasteiger partial charge in [-0.2, -0.15) is 0 Å². The SMILES string of the molecule is C[C@H](O)[C@@H](NC(=O)C1=C[C@H]2OC3(Cc4ccccc4C3)O[C@H]2[C@H](OC(=O)c2ccccc2I)C1)C(=O)N[C@H](CO)CCC(=O)OC(C)(C)C. The number of carbonyl (C=O) groups excluding carboxylic acids is 4. The van der Waals surface area contributed by atoms with Gasteiger partial charge in [0.15, 0.2) is 5.79 Å². The molecule has 49 heavy (non-hydrogen) atoms. The Labute approximate surface area is 299 Å². The highest BCUT2D eigenvalue weighted by molar-refractivity contribution is 14.1. The van der Waals surface area contributed by atoms with E-state index in [0.717, 1.165) is 11.1 Å². The Morgan fingerprint density at radius 1 is 1.02 bits per heavy atom. The second-order valence-corrected chi connectivity index (χ2v) is 14.9. The maximum Gasteiger partial charge on any atom is 0.339 e. The number of hydrogen-bond acceptors (Lipinski definition) is 10. The van der Waals surface area contributed by atoms with Crippen molar-refractivity contribution >= 4 is 46.3 Å². The van der Waals surface area contributed by atoms with Crippen molar-refractivity contribution in [3.8, 4) is 0 Å². The van der Waals surface area contributed by atoms with E-state index in [0.29, 0.717) is 22.0 Å². The fourth-order valence-corrected chi connectivity index (χ4v) is 6.92. The fraction of sp³-hybridized carbons (Fsp3) is 0.500. The number of benzene rings is 2. The smallest absolute Gasteiger partial charge is 0.339 e. The lowest BCUT2D eigenvalue weighted by atomic mass is 9.91. The van der Waals surface area contributed by atoms with E-state index < -0.39 is 78.2 Å². The minimum Gasteiger partial charge on any atom is -0.460 e. The highest BCUT2D eigenvalue weighted by Crippen LogP contribution is 2.45. The second-order valence-electron chi connectivity index (χ2n) is 13.7. The van der Waals surface area contributed by atoms with Gasteiger partial charge in [-0.05, 0) is 86.0 Å². The summed E-state index contributed by atoms with van der Waals surface area (Å²) in [4.78, 5) is 52.5. The Kier molecular flexibility index (Phi) is 11.5. The molecular formula is C36H43IN2O10. The van der Waals surface area contributed by atoms with Crippen molar-refractivity contribution in [2.45, 2.75) is 108 Å². The number of esters is 2. The quantitative estimate of drug-likeness (QED) is 0.196. The fourth-order valence-electron chi connectivity index (χ4n) is 6.31. The second kappa shape index (κ2) is 15.3. The Balaban J connectivity index is 1.31. The number of hydrogen-bond donors (Lipinski definition) is 4. The molecule has 2 amide bonds. The van der Waals surface area contributed by atoms with Crippen LogP contribution in [0.2, 0.25) is 0 Å². The summed E-state index contributed by atoms with van der Waals surface area (Å²) in [6.07, 6.45) is -1.02. The van der Waals surface area contributed by atoms with E-state index in [1.807, 2.05) is 30.3 Å². The van der Waals surface area contributed by atoms with Crippen LogP contribution in [0.25, 0.3) is 0 Å². The zero-order valence-electron chi connectivity index (χ0n) is 27.9. The number of ether oxygens (including phenoxy) is 4. The van der Waals surface area contributed by atoms with Crippen molar-refractivity contribution in [2.75, 3.05) is 6.61 Å². The number of aliphatic hydroxyl groups excluding tert-OH is 2. The first-order chi connectivity index (χ1) is 23.2. The highest BCUT2D eigenvalue weighted by Gasteiger charge is 2.55. The van der Waals surface area contributed by atoms with Crippen LogP contribution in [0.5, 0.6) is 0 Å². The van der Waals surface area contributed by atoms with Crippen LogP contribution in [0.4, 0.5) is 0 Å². The first kappa shape index (κ1) is 36.9. The largest absolute Gasteiger partial charge is 0.460 e. The van der Waals surface area contributed by atoms with Crippen molar-refractivity contribution in [2.24, 2.45) is 0 Å². The van der Waals surface area contributed by atoms with E-state index in [9.17, 15) is 29.4 Å². The molecule has 0 aromatic heterocycles. The Morgan fingerprint density at radius 2 is 1.67 bits per heavy atom. The number of amides is 2. The average molecular weight is 791 g/mol. The van der Waals surface area contributed by atoms with Crippen LogP contribution in [0.3, 0.4) is 0 Å². The maximum absolute atomic E-state index is 13.7. The Morgan fingerprint density at radius 3 is 2.29 bits per heavy atom. The molecule has 1 fully saturated rings. The lowest BCUT2D eigenvalue weighted by Gasteiger charge is -2.31. The molecule has 3 aliphatic rings. The van der Waals surface area contributed by atoms with Crippen molar-refractivity contribution in [1.29, 1.82) is 0 Å². The molecule has 0 unspecified atom stereocenters. The van der Waals surface area contributed by atoms with E-state index in [-0.39, 0.29) is 24.8 Å². The number of fused-ring (bicyclic) bond motifs is 2. The molecule has 5 rings (SSSR count). The van der Waals surface area contributed by atoms with E-state index in [2.05, 4.69) is 33.2 Å². The third kappa shape index (κ3) is 9.06. The highest BCUT2D eigenvalue weighted by atomic mass is 127. The molecule has 1 spiro atoms. The van der Waals surface area contributed by atoms with Gasteiger partial charge in [0.1, 0.15) is 30.0 Å². The molecule has 2 aromatic rings. The number of nitrogens with one attached hydrogen (secondary N) is 2. The molecule has 4 N–H and O–H groups in total. The molecule has 13 heteroatoms. The van der Waals surface area contributed by atoms with Crippen LogP contribution in [-0.2, 0) is 46.2 Å². The summed E-state index contributed by atoms with van der Waals surface area (Å²) in [5.74, 6) is -3.46. The van der Waals surface area contributed by atoms with Crippen molar-refractivity contribution < 1.29 is 48.3 Å². The zero-order chi connectivity index (χ0) is 35.5. The molecule has 1 saturated heterocycles. The molecule has 2 aromatic carbocycles. The third-order valence-electron chi connectivity index (χ3n) is 8.60. The molecule has 0 radical (unpaired) electrons. The van der Waals surface area contributed by atoms with Crippen molar-refractivity contribution in [3.05, 3.63) is 80.4 Å². The minimum absolute atomic E-state index is 0.0299. The third-order valence-corrected chi connectivity index (χ3v) is 9.54.